The van der Waals surface area contributed by atoms with Gasteiger partial charge in [-0.25, -0.2) is 0 Å². The van der Waals surface area contributed by atoms with E-state index in [1.54, 1.807) is 80.4 Å². The van der Waals surface area contributed by atoms with Crippen LogP contribution in [0.15, 0.2) is 94.2 Å². The molecule has 10 saturated heterocycles. The number of carbonyl (C=O) groups excluding carboxylic acids is 2. The predicted molar refractivity (Wildman–Crippen MR) is 450 cm³/mol. The SMILES string of the molecule is CC[C@H](C)[C@H]1O[C@]2(CC[C@@H]1C)C[C@@H]1C[C@@H](C/C=C(\C)[C@@H](O[C@H]3C[C@H](OC)[C@@H](O[C@H]4C[C@H](OC)[C@@H](O)[C@H](C)O4)[C@H](C)O3)[C@@H](C)/C=C/C=C3\CO[C@@H]4[C@H](O)C(C)=C[C@@H](C(=O)O1)[C@]34O)O2.CO[C@H]1C[C@H](O[C@H]2[C@H](C)O[C@@H](O[C@@H]3/C(C)=C\C[C@@H]4C[C@@H](C[C@]5(CC[C@H](C)[C@@H](C(C)C)O5)O4)OC(=O)[C@@H]4C=C(C)[C@@H](O)[C@H]5OCC(=C/C=C\[C@@H]3C)[C@]54O)C[C@@H]2OC)O[C@@H](C)[C@@H]1O. The van der Waals surface area contributed by atoms with Crippen LogP contribution in [0.4, 0.5) is 0 Å². The van der Waals surface area contributed by atoms with E-state index in [0.29, 0.717) is 117 Å². The first kappa shape index (κ1) is 96.5. The van der Waals surface area contributed by atoms with Crippen molar-refractivity contribution in [1.82, 2.24) is 0 Å². The van der Waals surface area contributed by atoms with Crippen LogP contribution in [0.5, 0.6) is 0 Å². The van der Waals surface area contributed by atoms with Crippen LogP contribution in [0, 0.1) is 47.3 Å². The van der Waals surface area contributed by atoms with Gasteiger partial charge in [0, 0.05) is 104 Å². The van der Waals surface area contributed by atoms with Crippen molar-refractivity contribution < 1.29 is 135 Å². The molecule has 10 fully saturated rings. The van der Waals surface area contributed by atoms with E-state index in [4.69, 9.17) is 94.7 Å². The van der Waals surface area contributed by atoms with E-state index in [9.17, 15) is 40.2 Å². The minimum absolute atomic E-state index is 0.00708. The summed E-state index contributed by atoms with van der Waals surface area (Å²) in [6, 6.07) is 0. The van der Waals surface area contributed by atoms with Crippen molar-refractivity contribution in [2.75, 3.05) is 41.7 Å². The van der Waals surface area contributed by atoms with Gasteiger partial charge in [0.25, 0.3) is 0 Å². The van der Waals surface area contributed by atoms with Gasteiger partial charge < -0.3 is 125 Å². The summed E-state index contributed by atoms with van der Waals surface area (Å²) in [5, 5.41) is 68.4. The lowest BCUT2D eigenvalue weighted by Gasteiger charge is -2.51. The van der Waals surface area contributed by atoms with E-state index in [1.165, 1.54) is 0 Å². The molecule has 39 atom stereocenters. The summed E-state index contributed by atoms with van der Waals surface area (Å²) >= 11 is 0. The second-order valence-corrected chi connectivity index (χ2v) is 38.6. The number of aliphatic hydroxyl groups excluding tert-OH is 4. The van der Waals surface area contributed by atoms with Gasteiger partial charge in [-0.2, -0.15) is 0 Å². The first-order valence-corrected chi connectivity index (χ1v) is 45.8. The van der Waals surface area contributed by atoms with Gasteiger partial charge in [0.2, 0.25) is 0 Å². The van der Waals surface area contributed by atoms with Crippen LogP contribution in [0.25, 0.3) is 0 Å². The second kappa shape index (κ2) is 40.7. The van der Waals surface area contributed by atoms with Crippen LogP contribution in [0.2, 0.25) is 0 Å². The summed E-state index contributed by atoms with van der Waals surface area (Å²) in [4.78, 5) is 28.7. The normalized spacial score (nSPS) is 49.1. The Labute approximate surface area is 728 Å². The average Bonchev–Trinajstić information content (AvgIpc) is 1.61. The number of allylic oxidation sites excluding steroid dienone is 4. The molecular weight excluding hydrogens is 1590 g/mol. The maximum Gasteiger partial charge on any atom is 0.316 e. The quantitative estimate of drug-likeness (QED) is 0.0655. The summed E-state index contributed by atoms with van der Waals surface area (Å²) in [5.41, 5.74) is 0.372. The number of aliphatic hydroxyl groups is 6. The summed E-state index contributed by atoms with van der Waals surface area (Å²) in [7, 11) is 6.45. The molecule has 0 amide bonds. The van der Waals surface area contributed by atoms with Crippen LogP contribution in [-0.2, 0) is 104 Å². The Balaban J connectivity index is 0.000000212. The Morgan fingerprint density at radius 3 is 1.24 bits per heavy atom. The van der Waals surface area contributed by atoms with E-state index < -0.39 is 182 Å². The molecule has 2 spiro atoms. The standard InChI is InChI=1S/C48H74O14.C47H72O14/c1-11-25(2)43-28(5)17-18-47(62-43)23-34-20-33(61-47)16-15-27(4)42(26(3)13-12-14-32-24-55-45-40(49)29(6)19-35(46(51)58-34)48(32,45)52)59-39-22-37(54-10)44(31(8)57-39)60-38-21-36(53-9)41(50)30(7)56-38;1-24(2)41-27(5)16-17-46(61-41)22-33-19-32(60-46)15-14-26(4)42(25(3)12-11-13-31-23-54-44-39(48)28(6)18-34(45(50)57-33)47(31,44)51)58-38-21-36(53-10)43(30(8)56-38)59-37-20-35(52-9)40(49)29(7)55-37/h12-15,19,25-26,28,30-31,33-45,49-50,52H,11,16-18,20-24H2,1-10H3;11-14,18,24-25,27,29-30,32-44,48-49,51H,15-17,19-23H2,1-10H3/b13-12+,27-15+,32-14+;12-11-,26-14-,31-13?/t25-,26-,28-,30-,31-,33+,34-,35-,36-,37-,38-,39-,40+,41-,42-,43+,44-,45+,47+,48+;25-,27-,29-,30-,32+,33-,34-,35-,36-,37-,38-,39+,40-,41+,42-,43-,44+,46+,47+/m00/s1. The van der Waals surface area contributed by atoms with Crippen molar-refractivity contribution in [1.29, 1.82) is 0 Å². The Morgan fingerprint density at radius 2 is 0.846 bits per heavy atom. The molecule has 694 valence electrons. The monoisotopic (exact) mass is 1740 g/mol. The van der Waals surface area contributed by atoms with E-state index in [2.05, 4.69) is 81.4 Å². The molecule has 2 aliphatic carbocycles. The van der Waals surface area contributed by atoms with Crippen molar-refractivity contribution in [3.63, 3.8) is 0 Å². The Hall–Kier alpha value is -4.10. The molecule has 0 saturated carbocycles. The molecule has 14 aliphatic rings. The first-order valence-electron chi connectivity index (χ1n) is 45.8. The lowest BCUT2D eigenvalue weighted by molar-refractivity contribution is -0.341. The molecule has 28 nitrogen and oxygen atoms in total. The zero-order valence-electron chi connectivity index (χ0n) is 76.2. The molecule has 0 aromatic rings. The zero-order chi connectivity index (χ0) is 88.6. The molecule has 0 radical (unpaired) electrons. The van der Waals surface area contributed by atoms with Gasteiger partial charge in [-0.15, -0.1) is 0 Å². The molecule has 0 aromatic carbocycles. The van der Waals surface area contributed by atoms with Crippen molar-refractivity contribution in [2.24, 2.45) is 47.3 Å². The third kappa shape index (κ3) is 20.8. The molecule has 12 aliphatic heterocycles. The molecule has 0 unspecified atom stereocenters. The molecule has 12 heterocycles. The molecule has 6 N–H and O–H groups in total. The van der Waals surface area contributed by atoms with Crippen LogP contribution >= 0.6 is 0 Å². The maximum atomic E-state index is 14.4. The lowest BCUT2D eigenvalue weighted by atomic mass is 9.71. The highest BCUT2D eigenvalue weighted by Crippen LogP contribution is 2.52. The van der Waals surface area contributed by atoms with Gasteiger partial charge in [0.1, 0.15) is 84.1 Å². The van der Waals surface area contributed by atoms with Gasteiger partial charge in [-0.05, 0) is 138 Å². The zero-order valence-corrected chi connectivity index (χ0v) is 76.2. The number of methoxy groups -OCH3 is 4. The number of esters is 2. The summed E-state index contributed by atoms with van der Waals surface area (Å²) < 4.78 is 128. The lowest BCUT2D eigenvalue weighted by Crippen LogP contribution is -2.58. The van der Waals surface area contributed by atoms with E-state index >= 15 is 0 Å². The Morgan fingerprint density at radius 1 is 0.472 bits per heavy atom. The van der Waals surface area contributed by atoms with Crippen molar-refractivity contribution >= 4 is 11.9 Å². The largest absolute Gasteiger partial charge is 0.462 e. The number of ether oxygens (including phenoxy) is 20. The van der Waals surface area contributed by atoms with Crippen LogP contribution in [-0.4, -0.2) is 279 Å². The molecular formula is C95H146O28. The number of rotatable bonds is 15. The van der Waals surface area contributed by atoms with E-state index in [1.807, 2.05) is 38.2 Å². The van der Waals surface area contributed by atoms with Gasteiger partial charge in [-0.3, -0.25) is 9.59 Å². The summed E-state index contributed by atoms with van der Waals surface area (Å²) in [6.45, 7) is 32.5. The number of fused-ring (bicyclic) bond motifs is 4. The highest BCUT2D eigenvalue weighted by atomic mass is 16.8. The molecule has 123 heavy (non-hydrogen) atoms. The third-order valence-corrected chi connectivity index (χ3v) is 29.3. The van der Waals surface area contributed by atoms with Crippen LogP contribution in [0.1, 0.15) is 207 Å². The predicted octanol–water partition coefficient (Wildman–Crippen LogP) is 10.8. The van der Waals surface area contributed by atoms with Crippen molar-refractivity contribution in [3.05, 3.63) is 94.2 Å². The molecule has 14 rings (SSSR count). The minimum atomic E-state index is -1.82. The first-order chi connectivity index (χ1) is 58.5. The van der Waals surface area contributed by atoms with Gasteiger partial charge >= 0.3 is 11.9 Å². The Kier molecular flexibility index (Phi) is 31.9. The van der Waals surface area contributed by atoms with E-state index in [0.717, 1.165) is 30.4 Å². The fourth-order valence-corrected chi connectivity index (χ4v) is 21.8. The smallest absolute Gasteiger partial charge is 0.316 e. The summed E-state index contributed by atoms with van der Waals surface area (Å²) in [6.07, 6.45) is 12.1. The highest BCUT2D eigenvalue weighted by molar-refractivity contribution is 5.79. The minimum Gasteiger partial charge on any atom is -0.462 e. The van der Waals surface area contributed by atoms with Gasteiger partial charge in [0.05, 0.1) is 98.7 Å². The number of hydrogen-bond donors (Lipinski definition) is 6. The fourth-order valence-electron chi connectivity index (χ4n) is 21.8. The van der Waals surface area contributed by atoms with Crippen LogP contribution in [0.3, 0.4) is 0 Å². The number of hydrogen-bond acceptors (Lipinski definition) is 28. The topological polar surface area (TPSA) is 340 Å². The number of carbonyl (C=O) groups is 2. The Bertz CT molecular complexity index is 3810. The van der Waals surface area contributed by atoms with Gasteiger partial charge in [-0.1, -0.05) is 123 Å². The molecule has 4 bridgehead atoms. The molecule has 28 heteroatoms. The van der Waals surface area contributed by atoms with Gasteiger partial charge in [0.15, 0.2) is 36.7 Å². The molecule has 0 aromatic heterocycles. The average molecular weight is 1740 g/mol. The summed E-state index contributed by atoms with van der Waals surface area (Å²) in [5.74, 6) is -4.25. The second-order valence-electron chi connectivity index (χ2n) is 38.6. The maximum absolute atomic E-state index is 14.4. The van der Waals surface area contributed by atoms with Crippen LogP contribution < -0.4 is 0 Å². The highest BCUT2D eigenvalue weighted by Gasteiger charge is 2.63. The van der Waals surface area contributed by atoms with E-state index in [-0.39, 0.29) is 67.6 Å². The van der Waals surface area contributed by atoms with Crippen molar-refractivity contribution in [2.45, 2.75) is 402 Å². The fraction of sp³-hybridized carbons (Fsp3) is 0.811. The third-order valence-electron chi connectivity index (χ3n) is 29.3. The van der Waals surface area contributed by atoms with Crippen molar-refractivity contribution in [3.8, 4) is 0 Å².